The van der Waals surface area contributed by atoms with Crippen molar-refractivity contribution >= 4 is 6.03 Å². The molecule has 3 N–H and O–H groups in total. The van der Waals surface area contributed by atoms with Gasteiger partial charge in [0.2, 0.25) is 0 Å². The first-order valence-electron chi connectivity index (χ1n) is 7.81. The van der Waals surface area contributed by atoms with Gasteiger partial charge in [-0.15, -0.1) is 0 Å². The van der Waals surface area contributed by atoms with Gasteiger partial charge in [0.05, 0.1) is 24.8 Å². The third-order valence-electron chi connectivity index (χ3n) is 4.22. The fraction of sp³-hybridized carbons (Fsp3) is 0.562. The Balaban J connectivity index is 2.03. The monoisotopic (exact) mass is 346 g/mol. The molecule has 0 saturated heterocycles. The van der Waals surface area contributed by atoms with E-state index < -0.39 is 36.1 Å². The Morgan fingerprint density at radius 3 is 2.50 bits per heavy atom. The number of aliphatic hydroxyl groups excluding tert-OH is 1. The van der Waals surface area contributed by atoms with Crippen LogP contribution in [0.5, 0.6) is 0 Å². The molecule has 1 aromatic rings. The number of benzene rings is 1. The lowest BCUT2D eigenvalue weighted by Crippen LogP contribution is -2.50. The molecule has 1 fully saturated rings. The van der Waals surface area contributed by atoms with Gasteiger partial charge in [-0.25, -0.2) is 18.0 Å². The minimum absolute atomic E-state index is 0.0593. The van der Waals surface area contributed by atoms with Crippen molar-refractivity contribution in [3.8, 4) is 0 Å². The van der Waals surface area contributed by atoms with Crippen molar-refractivity contribution < 1.29 is 27.8 Å². The molecule has 2 rings (SSSR count). The van der Waals surface area contributed by atoms with Crippen LogP contribution < -0.4 is 10.6 Å². The highest BCUT2D eigenvalue weighted by atomic mass is 19.2. The van der Waals surface area contributed by atoms with Gasteiger partial charge in [0.25, 0.3) is 0 Å². The van der Waals surface area contributed by atoms with Crippen molar-refractivity contribution in [1.82, 2.24) is 10.6 Å². The molecular formula is C16H21F3N2O3. The number of urea groups is 1. The van der Waals surface area contributed by atoms with Crippen LogP contribution >= 0.6 is 0 Å². The normalized spacial score (nSPS) is 22.0. The number of amides is 2. The number of carbonyl (C=O) groups is 1. The lowest BCUT2D eigenvalue weighted by atomic mass is 9.92. The molecule has 0 heterocycles. The first-order valence-corrected chi connectivity index (χ1v) is 7.81. The zero-order valence-electron chi connectivity index (χ0n) is 13.3. The first-order chi connectivity index (χ1) is 11.5. The molecule has 1 aromatic carbocycles. The van der Waals surface area contributed by atoms with Crippen LogP contribution in [0, 0.1) is 17.5 Å². The van der Waals surface area contributed by atoms with E-state index >= 15 is 0 Å². The fourth-order valence-corrected chi connectivity index (χ4v) is 2.92. The summed E-state index contributed by atoms with van der Waals surface area (Å²) in [6, 6.07) is -0.326. The molecule has 1 saturated carbocycles. The molecule has 0 bridgehead atoms. The van der Waals surface area contributed by atoms with Crippen molar-refractivity contribution in [3.05, 3.63) is 35.1 Å². The minimum atomic E-state index is -1.59. The molecule has 24 heavy (non-hydrogen) atoms. The molecule has 0 aromatic heterocycles. The van der Waals surface area contributed by atoms with E-state index in [1.54, 1.807) is 7.11 Å². The summed E-state index contributed by atoms with van der Waals surface area (Å²) in [6.07, 6.45) is 3.47. The van der Waals surface area contributed by atoms with Crippen molar-refractivity contribution in [2.75, 3.05) is 13.7 Å². The summed E-state index contributed by atoms with van der Waals surface area (Å²) in [5.41, 5.74) is -0.0593. The van der Waals surface area contributed by atoms with Crippen molar-refractivity contribution in [2.24, 2.45) is 0 Å². The standard InChI is InChI=1S/C16H21F3N2O3/c1-24-14-5-3-2-4-12(14)20-16(23)21-13(8-22)9-6-10(17)15(19)11(18)7-9/h6-7,12-14,22H,2-5,8H2,1H3,(H2,20,21,23). The number of halogens is 3. The Kier molecular flexibility index (Phi) is 6.44. The highest BCUT2D eigenvalue weighted by molar-refractivity contribution is 5.75. The number of hydrogen-bond acceptors (Lipinski definition) is 3. The molecule has 3 unspecified atom stereocenters. The Morgan fingerprint density at radius 1 is 1.29 bits per heavy atom. The zero-order valence-corrected chi connectivity index (χ0v) is 13.3. The van der Waals surface area contributed by atoms with Gasteiger partial charge in [-0.05, 0) is 30.5 Å². The third kappa shape index (κ3) is 4.39. The van der Waals surface area contributed by atoms with Crippen LogP contribution in [-0.4, -0.2) is 37.0 Å². The molecule has 5 nitrogen and oxygen atoms in total. The SMILES string of the molecule is COC1CCCCC1NC(=O)NC(CO)c1cc(F)c(F)c(F)c1. The van der Waals surface area contributed by atoms with Crippen LogP contribution in [0.3, 0.4) is 0 Å². The summed E-state index contributed by atoms with van der Waals surface area (Å²) >= 11 is 0. The van der Waals surface area contributed by atoms with Gasteiger partial charge in [0.1, 0.15) is 0 Å². The van der Waals surface area contributed by atoms with Crippen LogP contribution in [0.15, 0.2) is 12.1 Å². The number of hydrogen-bond donors (Lipinski definition) is 3. The Hall–Kier alpha value is -1.80. The summed E-state index contributed by atoms with van der Waals surface area (Å²) in [5, 5.41) is 14.6. The zero-order chi connectivity index (χ0) is 17.7. The summed E-state index contributed by atoms with van der Waals surface area (Å²) in [7, 11) is 1.57. The minimum Gasteiger partial charge on any atom is -0.394 e. The van der Waals surface area contributed by atoms with Gasteiger partial charge in [-0.1, -0.05) is 12.8 Å². The number of nitrogens with one attached hydrogen (secondary N) is 2. The average molecular weight is 346 g/mol. The average Bonchev–Trinajstić information content (AvgIpc) is 2.57. The largest absolute Gasteiger partial charge is 0.394 e. The van der Waals surface area contributed by atoms with E-state index in [0.717, 1.165) is 37.8 Å². The summed E-state index contributed by atoms with van der Waals surface area (Å²) in [4.78, 5) is 12.1. The quantitative estimate of drug-likeness (QED) is 0.717. The van der Waals surface area contributed by atoms with Crippen molar-refractivity contribution in [1.29, 1.82) is 0 Å². The van der Waals surface area contributed by atoms with Crippen molar-refractivity contribution in [3.63, 3.8) is 0 Å². The van der Waals surface area contributed by atoms with Crippen LogP contribution in [0.1, 0.15) is 37.3 Å². The number of methoxy groups -OCH3 is 1. The molecule has 8 heteroatoms. The molecular weight excluding hydrogens is 325 g/mol. The van der Waals surface area contributed by atoms with E-state index in [9.17, 15) is 23.1 Å². The van der Waals surface area contributed by atoms with E-state index in [1.165, 1.54) is 0 Å². The Morgan fingerprint density at radius 2 is 1.92 bits per heavy atom. The van der Waals surface area contributed by atoms with Gasteiger partial charge in [0, 0.05) is 7.11 Å². The lowest BCUT2D eigenvalue weighted by molar-refractivity contribution is 0.0449. The van der Waals surface area contributed by atoms with Crippen molar-refractivity contribution in [2.45, 2.75) is 43.9 Å². The number of rotatable bonds is 5. The lowest BCUT2D eigenvalue weighted by Gasteiger charge is -2.31. The van der Waals surface area contributed by atoms with Crippen LogP contribution in [-0.2, 0) is 4.74 Å². The summed E-state index contributed by atoms with van der Waals surface area (Å²) in [6.45, 7) is -0.587. The van der Waals surface area contributed by atoms with Crippen LogP contribution in [0.4, 0.5) is 18.0 Å². The van der Waals surface area contributed by atoms with Gasteiger partial charge < -0.3 is 20.5 Å². The molecule has 3 atom stereocenters. The Labute approximate surface area is 138 Å². The van der Waals surface area contributed by atoms with Crippen LogP contribution in [0.25, 0.3) is 0 Å². The van der Waals surface area contributed by atoms with E-state index in [-0.39, 0.29) is 17.7 Å². The molecule has 134 valence electrons. The maximum absolute atomic E-state index is 13.3. The predicted molar refractivity (Wildman–Crippen MR) is 80.9 cm³/mol. The number of aliphatic hydroxyl groups is 1. The molecule has 0 radical (unpaired) electrons. The maximum Gasteiger partial charge on any atom is 0.315 e. The highest BCUT2D eigenvalue weighted by Gasteiger charge is 2.27. The van der Waals surface area contributed by atoms with E-state index in [2.05, 4.69) is 10.6 Å². The second-order valence-electron chi connectivity index (χ2n) is 5.82. The van der Waals surface area contributed by atoms with Gasteiger partial charge in [0.15, 0.2) is 17.5 Å². The van der Waals surface area contributed by atoms with E-state index in [4.69, 9.17) is 4.74 Å². The molecule has 1 aliphatic carbocycles. The summed E-state index contributed by atoms with van der Waals surface area (Å²) < 4.78 is 44.9. The molecule has 1 aliphatic rings. The summed E-state index contributed by atoms with van der Waals surface area (Å²) in [5.74, 6) is -4.35. The first kappa shape index (κ1) is 18.5. The third-order valence-corrected chi connectivity index (χ3v) is 4.22. The maximum atomic E-state index is 13.3. The second-order valence-corrected chi connectivity index (χ2v) is 5.82. The van der Waals surface area contributed by atoms with Gasteiger partial charge >= 0.3 is 6.03 Å². The topological polar surface area (TPSA) is 70.6 Å². The highest BCUT2D eigenvalue weighted by Crippen LogP contribution is 2.22. The van der Waals surface area contributed by atoms with Gasteiger partial charge in [-0.3, -0.25) is 0 Å². The van der Waals surface area contributed by atoms with Gasteiger partial charge in [-0.2, -0.15) is 0 Å². The molecule has 0 spiro atoms. The molecule has 2 amide bonds. The smallest absolute Gasteiger partial charge is 0.315 e. The predicted octanol–water partition coefficient (Wildman–Crippen LogP) is 2.39. The fourth-order valence-electron chi connectivity index (χ4n) is 2.92. The second kappa shape index (κ2) is 8.34. The molecule has 0 aliphatic heterocycles. The number of carbonyl (C=O) groups excluding carboxylic acids is 1. The number of ether oxygens (including phenoxy) is 1. The Bertz CT molecular complexity index is 563. The van der Waals surface area contributed by atoms with E-state index in [1.807, 2.05) is 0 Å². The van der Waals surface area contributed by atoms with Crippen LogP contribution in [0.2, 0.25) is 0 Å². The van der Waals surface area contributed by atoms with E-state index in [0.29, 0.717) is 0 Å².